The fraction of sp³-hybridized carbons (Fsp3) is 0.308. The zero-order chi connectivity index (χ0) is 28.6. The minimum Gasteiger partial charge on any atom is -0.489 e. The average molecular weight is 550 g/mol. The molecule has 1 aromatic heterocycles. The highest BCUT2D eigenvalue weighted by molar-refractivity contribution is 5.95. The number of carbonyl (C=O) groups is 3. The molecule has 0 saturated carbocycles. The van der Waals surface area contributed by atoms with Gasteiger partial charge in [-0.15, -0.1) is 0 Å². The number of nitrogens with zero attached hydrogens (tertiary/aromatic N) is 1. The van der Waals surface area contributed by atoms with Crippen molar-refractivity contribution < 1.29 is 47.3 Å². The summed E-state index contributed by atoms with van der Waals surface area (Å²) in [5, 5.41) is 19.9. The lowest BCUT2D eigenvalue weighted by Gasteiger charge is -2.27. The van der Waals surface area contributed by atoms with E-state index in [0.717, 1.165) is 22.2 Å². The zero-order valence-electron chi connectivity index (χ0n) is 20.7. The number of aliphatic carboxylic acids is 1. The molecule has 0 spiro atoms. The van der Waals surface area contributed by atoms with Crippen LogP contribution in [0.4, 0.5) is 13.2 Å². The van der Waals surface area contributed by atoms with Crippen molar-refractivity contribution in [3.8, 4) is 5.75 Å². The molecule has 0 radical (unpaired) electrons. The fourth-order valence-corrected chi connectivity index (χ4v) is 3.93. The third-order valence-corrected chi connectivity index (χ3v) is 5.79. The van der Waals surface area contributed by atoms with Gasteiger partial charge in [0.05, 0.1) is 24.1 Å². The molecule has 0 aliphatic carbocycles. The number of carboxylic acids is 1. The normalized spacial score (nSPS) is 16.6. The number of halogens is 3. The first-order valence-electron chi connectivity index (χ1n) is 11.6. The van der Waals surface area contributed by atoms with E-state index in [1.807, 2.05) is 37.3 Å². The number of alkyl halides is 3. The summed E-state index contributed by atoms with van der Waals surface area (Å²) in [7, 11) is 0. The van der Waals surface area contributed by atoms with Gasteiger partial charge in [-0.3, -0.25) is 19.8 Å². The van der Waals surface area contributed by atoms with Gasteiger partial charge in [0.2, 0.25) is 5.91 Å². The first kappa shape index (κ1) is 29.3. The highest BCUT2D eigenvalue weighted by Crippen LogP contribution is 2.24. The summed E-state index contributed by atoms with van der Waals surface area (Å²) in [6.45, 7) is 2.99. The molecule has 2 heterocycles. The number of nitrogens with one attached hydrogen (secondary N) is 2. The Kier molecular flexibility index (Phi) is 9.43. The van der Waals surface area contributed by atoms with Crippen molar-refractivity contribution in [2.24, 2.45) is 0 Å². The summed E-state index contributed by atoms with van der Waals surface area (Å²) in [6.07, 6.45) is -4.65. The highest BCUT2D eigenvalue weighted by atomic mass is 19.4. The van der Waals surface area contributed by atoms with Crippen LogP contribution in [0.3, 0.4) is 0 Å². The molecule has 39 heavy (non-hydrogen) atoms. The van der Waals surface area contributed by atoms with Crippen LogP contribution >= 0.6 is 0 Å². The van der Waals surface area contributed by atoms with E-state index < -0.39 is 23.6 Å². The number of para-hydroxylation sites is 1. The Morgan fingerprint density at radius 2 is 1.79 bits per heavy atom. The standard InChI is InChI=1S/C24H25N3O5.C2HF3O2/c1-16-12-18(20-4-2-3-5-21(20)25-16)14-32-19-8-6-17(7-9-19)23(29)26-24(10-11-31-15-24)13-22(28)27-30;3-2(4,5)1(6)7/h2-9,12,30H,10-11,13-15H2,1H3,(H,26,29)(H,27,28);(H,6,7)/t24-;/m1./s1. The lowest BCUT2D eigenvalue weighted by molar-refractivity contribution is -0.192. The summed E-state index contributed by atoms with van der Waals surface area (Å²) in [5.74, 6) is -3.01. The van der Waals surface area contributed by atoms with Gasteiger partial charge in [-0.2, -0.15) is 13.2 Å². The number of amides is 2. The Labute approximate surface area is 220 Å². The van der Waals surface area contributed by atoms with E-state index in [2.05, 4.69) is 10.3 Å². The van der Waals surface area contributed by atoms with Gasteiger partial charge in [0.15, 0.2) is 0 Å². The van der Waals surface area contributed by atoms with Gasteiger partial charge in [0.25, 0.3) is 5.91 Å². The minimum absolute atomic E-state index is 0.0598. The monoisotopic (exact) mass is 549 g/mol. The second-order valence-electron chi connectivity index (χ2n) is 8.80. The smallest absolute Gasteiger partial charge is 0.489 e. The van der Waals surface area contributed by atoms with Crippen LogP contribution in [0.5, 0.6) is 5.75 Å². The number of aromatic nitrogens is 1. The quantitative estimate of drug-likeness (QED) is 0.259. The number of hydrogen-bond donors (Lipinski definition) is 4. The number of carboxylic acid groups (broad SMARTS) is 1. The van der Waals surface area contributed by atoms with Crippen molar-refractivity contribution in [3.63, 3.8) is 0 Å². The molecule has 4 N–H and O–H groups in total. The number of pyridine rings is 1. The van der Waals surface area contributed by atoms with Crippen molar-refractivity contribution in [1.82, 2.24) is 15.8 Å². The maximum absolute atomic E-state index is 12.7. The number of hydrogen-bond acceptors (Lipinski definition) is 7. The van der Waals surface area contributed by atoms with E-state index >= 15 is 0 Å². The maximum atomic E-state index is 12.7. The summed E-state index contributed by atoms with van der Waals surface area (Å²) < 4.78 is 43.1. The molecule has 10 nitrogen and oxygen atoms in total. The average Bonchev–Trinajstić information content (AvgIpc) is 3.34. The van der Waals surface area contributed by atoms with Gasteiger partial charge >= 0.3 is 12.1 Å². The number of aryl methyl sites for hydroxylation is 1. The Morgan fingerprint density at radius 3 is 2.38 bits per heavy atom. The summed E-state index contributed by atoms with van der Waals surface area (Å²) in [5.41, 5.74) is 4.12. The van der Waals surface area contributed by atoms with E-state index in [0.29, 0.717) is 30.9 Å². The summed E-state index contributed by atoms with van der Waals surface area (Å²) in [4.78, 5) is 37.8. The predicted octanol–water partition coefficient (Wildman–Crippen LogP) is 3.54. The molecular weight excluding hydrogens is 523 g/mol. The SMILES string of the molecule is Cc1cc(COc2ccc(C(=O)N[C@@]3(CC(=O)NO)CCOC3)cc2)c2ccccc2n1.O=C(O)C(F)(F)F. The van der Waals surface area contributed by atoms with Crippen LogP contribution in [-0.4, -0.2) is 58.0 Å². The number of fused-ring (bicyclic) bond motifs is 1. The van der Waals surface area contributed by atoms with Crippen LogP contribution in [0.1, 0.15) is 34.5 Å². The van der Waals surface area contributed by atoms with E-state index in [-0.39, 0.29) is 18.9 Å². The molecule has 1 fully saturated rings. The second-order valence-corrected chi connectivity index (χ2v) is 8.80. The number of rotatable bonds is 7. The van der Waals surface area contributed by atoms with Gasteiger partial charge in [-0.1, -0.05) is 18.2 Å². The third kappa shape index (κ3) is 8.12. The molecule has 13 heteroatoms. The van der Waals surface area contributed by atoms with E-state index in [9.17, 15) is 22.8 Å². The molecule has 4 rings (SSSR count). The molecule has 1 atom stereocenters. The van der Waals surface area contributed by atoms with Crippen LogP contribution in [0.15, 0.2) is 54.6 Å². The van der Waals surface area contributed by atoms with Crippen LogP contribution in [0.2, 0.25) is 0 Å². The van der Waals surface area contributed by atoms with Gasteiger partial charge in [-0.25, -0.2) is 10.3 Å². The van der Waals surface area contributed by atoms with E-state index in [1.165, 1.54) is 0 Å². The lowest BCUT2D eigenvalue weighted by Crippen LogP contribution is -2.51. The van der Waals surface area contributed by atoms with Gasteiger partial charge in [0, 0.05) is 28.8 Å². The van der Waals surface area contributed by atoms with Crippen molar-refractivity contribution in [2.45, 2.75) is 38.1 Å². The fourth-order valence-electron chi connectivity index (χ4n) is 3.93. The number of hydroxylamine groups is 1. The molecule has 2 amide bonds. The van der Waals surface area contributed by atoms with Crippen LogP contribution in [0, 0.1) is 6.92 Å². The van der Waals surface area contributed by atoms with Crippen molar-refractivity contribution in [1.29, 1.82) is 0 Å². The molecule has 1 aliphatic heterocycles. The summed E-state index contributed by atoms with van der Waals surface area (Å²) in [6, 6.07) is 16.8. The first-order chi connectivity index (χ1) is 18.4. The molecule has 2 aromatic carbocycles. The van der Waals surface area contributed by atoms with Crippen LogP contribution in [-0.2, 0) is 20.9 Å². The molecule has 1 aliphatic rings. The van der Waals surface area contributed by atoms with Gasteiger partial charge in [-0.05, 0) is 49.7 Å². The van der Waals surface area contributed by atoms with Gasteiger partial charge in [0.1, 0.15) is 12.4 Å². The third-order valence-electron chi connectivity index (χ3n) is 5.79. The predicted molar refractivity (Wildman–Crippen MR) is 131 cm³/mol. The van der Waals surface area contributed by atoms with Crippen LogP contribution < -0.4 is 15.5 Å². The molecule has 0 bridgehead atoms. The summed E-state index contributed by atoms with van der Waals surface area (Å²) >= 11 is 0. The Balaban J connectivity index is 0.000000532. The second kappa shape index (κ2) is 12.5. The topological polar surface area (TPSA) is 147 Å². The minimum atomic E-state index is -5.08. The van der Waals surface area contributed by atoms with Crippen molar-refractivity contribution in [2.75, 3.05) is 13.2 Å². The number of benzene rings is 2. The largest absolute Gasteiger partial charge is 0.490 e. The van der Waals surface area contributed by atoms with Crippen molar-refractivity contribution >= 4 is 28.7 Å². The first-order valence-corrected chi connectivity index (χ1v) is 11.6. The molecular formula is C26H26F3N3O7. The molecule has 1 saturated heterocycles. The Morgan fingerprint density at radius 1 is 1.13 bits per heavy atom. The zero-order valence-corrected chi connectivity index (χ0v) is 20.7. The Bertz CT molecular complexity index is 1320. The van der Waals surface area contributed by atoms with Crippen molar-refractivity contribution in [3.05, 3.63) is 71.4 Å². The van der Waals surface area contributed by atoms with E-state index in [4.69, 9.17) is 24.6 Å². The van der Waals surface area contributed by atoms with Gasteiger partial charge < -0.3 is 19.9 Å². The Hall–Kier alpha value is -4.23. The molecule has 3 aromatic rings. The van der Waals surface area contributed by atoms with Crippen LogP contribution in [0.25, 0.3) is 10.9 Å². The number of carbonyl (C=O) groups excluding carboxylic acids is 2. The highest BCUT2D eigenvalue weighted by Gasteiger charge is 2.39. The molecule has 208 valence electrons. The van der Waals surface area contributed by atoms with E-state index in [1.54, 1.807) is 29.7 Å². The lowest BCUT2D eigenvalue weighted by atomic mass is 9.93. The molecule has 0 unspecified atom stereocenters. The number of ether oxygens (including phenoxy) is 2. The maximum Gasteiger partial charge on any atom is 0.490 e.